The molecule has 1 amide bonds. The van der Waals surface area contributed by atoms with E-state index in [-0.39, 0.29) is 23.7 Å². The van der Waals surface area contributed by atoms with Crippen molar-refractivity contribution in [2.75, 3.05) is 10.6 Å². The van der Waals surface area contributed by atoms with E-state index in [0.717, 1.165) is 22.8 Å². The largest absolute Gasteiger partial charge is 0.338 e. The van der Waals surface area contributed by atoms with Gasteiger partial charge in [-0.25, -0.2) is 19.9 Å². The number of anilines is 3. The maximum absolute atomic E-state index is 13.4. The van der Waals surface area contributed by atoms with Gasteiger partial charge in [-0.05, 0) is 23.3 Å². The van der Waals surface area contributed by atoms with Crippen LogP contribution in [0, 0.1) is 0 Å². The fourth-order valence-electron chi connectivity index (χ4n) is 3.03. The third-order valence-corrected chi connectivity index (χ3v) is 4.99. The number of amides is 1. The molecule has 4 aromatic rings. The van der Waals surface area contributed by atoms with E-state index in [1.807, 2.05) is 42.1 Å². The summed E-state index contributed by atoms with van der Waals surface area (Å²) in [5.74, 6) is 0.806. The summed E-state index contributed by atoms with van der Waals surface area (Å²) in [6.07, 6.45) is 8.19. The monoisotopic (exact) mass is 467 g/mol. The number of carbonyl (C=O) groups excluding carboxylic acids is 1. The Kier molecular flexibility index (Phi) is 6.37. The Hall–Kier alpha value is -3.78. The van der Waals surface area contributed by atoms with Crippen LogP contribution in [0.2, 0.25) is 0 Å². The average molecular weight is 467 g/mol. The summed E-state index contributed by atoms with van der Waals surface area (Å²) in [6.45, 7) is 0. The lowest BCUT2D eigenvalue weighted by atomic mass is 10.1. The van der Waals surface area contributed by atoms with Crippen molar-refractivity contribution < 1.29 is 13.6 Å². The zero-order chi connectivity index (χ0) is 23.4. The van der Waals surface area contributed by atoms with Gasteiger partial charge in [-0.2, -0.15) is 8.78 Å². The smallest absolute Gasteiger partial charge is 0.284 e. The van der Waals surface area contributed by atoms with Crippen molar-refractivity contribution in [1.82, 2.24) is 24.5 Å². The SMILES string of the molecule is Cn1cnc(Nc2ncc(-c3ccc(CC(=O)Nc4cc(C(F)(F)P)ccn4)cc3)cn2)c1. The lowest BCUT2D eigenvalue weighted by molar-refractivity contribution is -0.115. The first kappa shape index (κ1) is 22.4. The van der Waals surface area contributed by atoms with E-state index in [1.165, 1.54) is 21.5 Å². The minimum absolute atomic E-state index is 0.0763. The predicted octanol–water partition coefficient (Wildman–Crippen LogP) is 4.12. The van der Waals surface area contributed by atoms with E-state index < -0.39 is 5.66 Å². The van der Waals surface area contributed by atoms with Gasteiger partial charge in [0, 0.05) is 43.0 Å². The fraction of sp³-hybridized carbons (Fsp3) is 0.136. The summed E-state index contributed by atoms with van der Waals surface area (Å²) in [7, 11) is 3.33. The number of nitrogens with zero attached hydrogens (tertiary/aromatic N) is 5. The molecule has 168 valence electrons. The Bertz CT molecular complexity index is 1250. The van der Waals surface area contributed by atoms with E-state index in [1.54, 1.807) is 18.7 Å². The number of hydrogen-bond donors (Lipinski definition) is 2. The number of carbonyl (C=O) groups is 1. The Morgan fingerprint density at radius 2 is 1.76 bits per heavy atom. The molecule has 2 N–H and O–H groups in total. The first-order valence-electron chi connectivity index (χ1n) is 9.86. The predicted molar refractivity (Wildman–Crippen MR) is 124 cm³/mol. The summed E-state index contributed by atoms with van der Waals surface area (Å²) < 4.78 is 28.7. The molecule has 11 heteroatoms. The molecule has 0 fully saturated rings. The third kappa shape index (κ3) is 5.93. The number of halogens is 2. The quantitative estimate of drug-likeness (QED) is 0.397. The molecule has 1 aromatic carbocycles. The topological polar surface area (TPSA) is 97.6 Å². The number of aromatic nitrogens is 5. The molecule has 4 rings (SSSR count). The van der Waals surface area contributed by atoms with Gasteiger partial charge in [-0.3, -0.25) is 4.79 Å². The maximum Gasteiger partial charge on any atom is 0.284 e. The van der Waals surface area contributed by atoms with Gasteiger partial charge < -0.3 is 15.2 Å². The Morgan fingerprint density at radius 3 is 2.39 bits per heavy atom. The highest BCUT2D eigenvalue weighted by atomic mass is 31.0. The van der Waals surface area contributed by atoms with Crippen LogP contribution in [0.3, 0.4) is 0 Å². The molecular formula is C22H20F2N7OP. The molecule has 0 radical (unpaired) electrons. The molecule has 3 aromatic heterocycles. The third-order valence-electron chi connectivity index (χ3n) is 4.66. The van der Waals surface area contributed by atoms with Gasteiger partial charge in [0.05, 0.1) is 12.7 Å². The van der Waals surface area contributed by atoms with Crippen LogP contribution in [0.1, 0.15) is 11.1 Å². The molecule has 8 nitrogen and oxygen atoms in total. The molecular weight excluding hydrogens is 447 g/mol. The van der Waals surface area contributed by atoms with Crippen LogP contribution >= 0.6 is 9.24 Å². The Balaban J connectivity index is 1.36. The van der Waals surface area contributed by atoms with Gasteiger partial charge in [0.25, 0.3) is 5.66 Å². The first-order valence-corrected chi connectivity index (χ1v) is 10.4. The van der Waals surface area contributed by atoms with Crippen LogP contribution in [0.25, 0.3) is 11.1 Å². The lowest BCUT2D eigenvalue weighted by Crippen LogP contribution is -2.16. The maximum atomic E-state index is 13.4. The molecule has 0 saturated carbocycles. The number of pyridine rings is 1. The van der Waals surface area contributed by atoms with E-state index in [0.29, 0.717) is 11.8 Å². The van der Waals surface area contributed by atoms with Crippen molar-refractivity contribution in [3.05, 3.63) is 78.6 Å². The molecule has 0 aliphatic heterocycles. The van der Waals surface area contributed by atoms with Crippen LogP contribution < -0.4 is 10.6 Å². The van der Waals surface area contributed by atoms with Gasteiger partial charge in [-0.15, -0.1) is 0 Å². The number of hydrogen-bond acceptors (Lipinski definition) is 6. The molecule has 3 heterocycles. The van der Waals surface area contributed by atoms with Crippen molar-refractivity contribution in [2.24, 2.45) is 7.05 Å². The summed E-state index contributed by atoms with van der Waals surface area (Å²) in [4.78, 5) is 29.0. The fourth-order valence-corrected chi connectivity index (χ4v) is 3.21. The molecule has 0 aliphatic carbocycles. The summed E-state index contributed by atoms with van der Waals surface area (Å²) in [5.41, 5.74) is -0.865. The highest BCUT2D eigenvalue weighted by Gasteiger charge is 2.25. The Labute approximate surface area is 190 Å². The normalized spacial score (nSPS) is 11.3. The summed E-state index contributed by atoms with van der Waals surface area (Å²) in [6, 6.07) is 9.71. The van der Waals surface area contributed by atoms with Gasteiger partial charge in [0.1, 0.15) is 5.82 Å². The van der Waals surface area contributed by atoms with E-state index in [9.17, 15) is 13.6 Å². The van der Waals surface area contributed by atoms with Crippen molar-refractivity contribution in [1.29, 1.82) is 0 Å². The zero-order valence-electron chi connectivity index (χ0n) is 17.5. The molecule has 1 atom stereocenters. The number of imidazole rings is 1. The standard InChI is InChI=1S/C22H20F2N7OP/c1-31-12-19(28-13-31)30-21-26-10-16(11-27-21)15-4-2-14(3-5-15)8-20(32)29-18-9-17(6-7-25-18)22(23,24)33/h2-7,9-13H,8,33H2,1H3,(H,25,29,32)(H,26,27,30). The van der Waals surface area contributed by atoms with E-state index in [4.69, 9.17) is 0 Å². The zero-order valence-corrected chi connectivity index (χ0v) is 18.7. The Morgan fingerprint density at radius 1 is 1.03 bits per heavy atom. The highest BCUT2D eigenvalue weighted by Crippen LogP contribution is 2.35. The minimum Gasteiger partial charge on any atom is -0.338 e. The molecule has 1 unspecified atom stereocenters. The second kappa shape index (κ2) is 9.38. The molecule has 0 spiro atoms. The van der Waals surface area contributed by atoms with Gasteiger partial charge in [0.15, 0.2) is 5.82 Å². The molecule has 0 bridgehead atoms. The van der Waals surface area contributed by atoms with Crippen LogP contribution in [-0.4, -0.2) is 30.4 Å². The average Bonchev–Trinajstić information content (AvgIpc) is 3.19. The van der Waals surface area contributed by atoms with Crippen LogP contribution in [0.15, 0.2) is 67.5 Å². The van der Waals surface area contributed by atoms with E-state index in [2.05, 4.69) is 30.6 Å². The number of alkyl halides is 2. The van der Waals surface area contributed by atoms with Crippen molar-refractivity contribution in [3.8, 4) is 11.1 Å². The number of aryl methyl sites for hydroxylation is 1. The number of benzene rings is 1. The molecule has 33 heavy (non-hydrogen) atoms. The van der Waals surface area contributed by atoms with Crippen molar-refractivity contribution >= 4 is 32.7 Å². The summed E-state index contributed by atoms with van der Waals surface area (Å²) in [5, 5.41) is 5.57. The van der Waals surface area contributed by atoms with E-state index >= 15 is 0 Å². The van der Waals surface area contributed by atoms with Crippen LogP contribution in [0.5, 0.6) is 0 Å². The van der Waals surface area contributed by atoms with Gasteiger partial charge >= 0.3 is 0 Å². The highest BCUT2D eigenvalue weighted by molar-refractivity contribution is 7.17. The van der Waals surface area contributed by atoms with Crippen molar-refractivity contribution in [3.63, 3.8) is 0 Å². The van der Waals surface area contributed by atoms with Crippen molar-refractivity contribution in [2.45, 2.75) is 12.1 Å². The second-order valence-electron chi connectivity index (χ2n) is 7.32. The summed E-state index contributed by atoms with van der Waals surface area (Å²) >= 11 is 0. The van der Waals surface area contributed by atoms with Gasteiger partial charge in [0.2, 0.25) is 11.9 Å². The second-order valence-corrected chi connectivity index (χ2v) is 8.04. The number of rotatable bonds is 7. The number of nitrogens with one attached hydrogen (secondary N) is 2. The molecule has 0 aliphatic rings. The lowest BCUT2D eigenvalue weighted by Gasteiger charge is -2.12. The minimum atomic E-state index is -3.09. The molecule has 0 saturated heterocycles. The van der Waals surface area contributed by atoms with Crippen LogP contribution in [0.4, 0.5) is 26.4 Å². The first-order chi connectivity index (χ1) is 15.8. The van der Waals surface area contributed by atoms with Crippen LogP contribution in [-0.2, 0) is 23.9 Å². The van der Waals surface area contributed by atoms with Gasteiger partial charge in [-0.1, -0.05) is 33.5 Å².